The molecule has 3 rings (SSSR count). The number of ether oxygens (including phenoxy) is 1. The van der Waals surface area contributed by atoms with Gasteiger partial charge in [-0.1, -0.05) is 36.4 Å². The average molecular weight is 306 g/mol. The highest BCUT2D eigenvalue weighted by Gasteiger charge is 2.13. The van der Waals surface area contributed by atoms with Gasteiger partial charge in [0, 0.05) is 30.9 Å². The molecule has 3 nitrogen and oxygen atoms in total. The molecule has 3 aromatic rings. The van der Waals surface area contributed by atoms with Crippen molar-refractivity contribution in [1.82, 2.24) is 9.55 Å². The molecule has 0 saturated heterocycles. The Morgan fingerprint density at radius 2 is 1.87 bits per heavy atom. The van der Waals surface area contributed by atoms with Crippen LogP contribution in [0.1, 0.15) is 22.5 Å². The Morgan fingerprint density at radius 3 is 2.61 bits per heavy atom. The number of benzene rings is 1. The molecule has 0 spiro atoms. The van der Waals surface area contributed by atoms with Crippen LogP contribution in [-0.2, 0) is 11.3 Å². The smallest absolute Gasteiger partial charge is 0.0872 e. The van der Waals surface area contributed by atoms with Gasteiger partial charge in [0.15, 0.2) is 0 Å². The van der Waals surface area contributed by atoms with E-state index in [0.29, 0.717) is 6.61 Å². The van der Waals surface area contributed by atoms with E-state index in [9.17, 15) is 0 Å². The van der Waals surface area contributed by atoms with Crippen LogP contribution >= 0.6 is 0 Å². The number of nitrogens with zero attached hydrogens (tertiary/aromatic N) is 2. The lowest BCUT2D eigenvalue weighted by atomic mass is 10.1. The van der Waals surface area contributed by atoms with Crippen LogP contribution in [-0.4, -0.2) is 23.3 Å². The van der Waals surface area contributed by atoms with Crippen molar-refractivity contribution in [1.29, 1.82) is 0 Å². The Kier molecular flexibility index (Phi) is 4.58. The van der Waals surface area contributed by atoms with E-state index in [1.807, 2.05) is 24.4 Å². The van der Waals surface area contributed by atoms with Crippen molar-refractivity contribution < 1.29 is 4.74 Å². The lowest BCUT2D eigenvalue weighted by Gasteiger charge is -2.09. The van der Waals surface area contributed by atoms with Gasteiger partial charge in [-0.05, 0) is 37.1 Å². The van der Waals surface area contributed by atoms with Crippen molar-refractivity contribution in [2.45, 2.75) is 20.4 Å². The minimum Gasteiger partial charge on any atom is -0.383 e. The molecule has 0 N–H and O–H groups in total. The quantitative estimate of drug-likeness (QED) is 0.695. The van der Waals surface area contributed by atoms with Crippen LogP contribution in [0.25, 0.3) is 23.1 Å². The maximum absolute atomic E-state index is 5.27. The topological polar surface area (TPSA) is 27.1 Å². The molecule has 0 aliphatic heterocycles. The molecule has 0 aliphatic rings. The van der Waals surface area contributed by atoms with Gasteiger partial charge in [0.05, 0.1) is 17.8 Å². The second-order valence-corrected chi connectivity index (χ2v) is 5.69. The summed E-state index contributed by atoms with van der Waals surface area (Å²) >= 11 is 0. The second kappa shape index (κ2) is 6.80. The van der Waals surface area contributed by atoms with Gasteiger partial charge in [-0.2, -0.15) is 0 Å². The van der Waals surface area contributed by atoms with E-state index >= 15 is 0 Å². The summed E-state index contributed by atoms with van der Waals surface area (Å²) in [6.45, 7) is 5.87. The maximum Gasteiger partial charge on any atom is 0.0872 e. The van der Waals surface area contributed by atoms with E-state index in [4.69, 9.17) is 4.74 Å². The third-order valence-corrected chi connectivity index (χ3v) is 4.33. The standard InChI is InChI=1S/C20H22N2O/c1-15-16(2)22(13-14-23-3)20-18(15)11-12-21-19(20)10-9-17-7-5-4-6-8-17/h4-12H,13-14H2,1-3H3/b10-9+. The summed E-state index contributed by atoms with van der Waals surface area (Å²) in [7, 11) is 1.74. The third kappa shape index (κ3) is 3.06. The Bertz CT molecular complexity index is 832. The molecule has 0 atom stereocenters. The number of aryl methyl sites for hydroxylation is 1. The molecule has 0 aliphatic carbocycles. The van der Waals surface area contributed by atoms with Crippen LogP contribution in [0.3, 0.4) is 0 Å². The zero-order chi connectivity index (χ0) is 16.2. The van der Waals surface area contributed by atoms with Gasteiger partial charge in [-0.25, -0.2) is 0 Å². The molecule has 0 unspecified atom stereocenters. The van der Waals surface area contributed by atoms with Crippen molar-refractivity contribution in [3.8, 4) is 0 Å². The molecular weight excluding hydrogens is 284 g/mol. The van der Waals surface area contributed by atoms with Crippen LogP contribution in [0.4, 0.5) is 0 Å². The Balaban J connectivity index is 2.10. The zero-order valence-electron chi connectivity index (χ0n) is 13.9. The summed E-state index contributed by atoms with van der Waals surface area (Å²) in [5.41, 5.74) is 5.95. The Hall–Kier alpha value is -2.39. The van der Waals surface area contributed by atoms with E-state index < -0.39 is 0 Å². The highest BCUT2D eigenvalue weighted by Crippen LogP contribution is 2.27. The fraction of sp³-hybridized carbons (Fsp3) is 0.250. The molecule has 118 valence electrons. The number of pyridine rings is 1. The van der Waals surface area contributed by atoms with Gasteiger partial charge in [-0.3, -0.25) is 4.98 Å². The van der Waals surface area contributed by atoms with E-state index in [-0.39, 0.29) is 0 Å². The number of fused-ring (bicyclic) bond motifs is 1. The first kappa shape index (κ1) is 15.5. The van der Waals surface area contributed by atoms with Gasteiger partial charge in [-0.15, -0.1) is 0 Å². The molecule has 2 heterocycles. The average Bonchev–Trinajstić information content (AvgIpc) is 2.84. The van der Waals surface area contributed by atoms with Gasteiger partial charge >= 0.3 is 0 Å². The summed E-state index contributed by atoms with van der Waals surface area (Å²) in [6.07, 6.45) is 6.10. The van der Waals surface area contributed by atoms with Gasteiger partial charge in [0.25, 0.3) is 0 Å². The SMILES string of the molecule is COCCn1c(C)c(C)c2ccnc(/C=C/c3ccccc3)c21. The summed E-state index contributed by atoms with van der Waals surface area (Å²) < 4.78 is 7.58. The largest absolute Gasteiger partial charge is 0.383 e. The first-order valence-corrected chi connectivity index (χ1v) is 7.89. The van der Waals surface area contributed by atoms with Crippen LogP contribution in [0.5, 0.6) is 0 Å². The molecule has 23 heavy (non-hydrogen) atoms. The monoisotopic (exact) mass is 306 g/mol. The molecule has 0 radical (unpaired) electrons. The van der Waals surface area contributed by atoms with Gasteiger partial charge in [0.2, 0.25) is 0 Å². The highest BCUT2D eigenvalue weighted by atomic mass is 16.5. The van der Waals surface area contributed by atoms with Crippen molar-refractivity contribution in [2.24, 2.45) is 0 Å². The van der Waals surface area contributed by atoms with Crippen LogP contribution in [0.15, 0.2) is 42.6 Å². The molecule has 3 heteroatoms. The fourth-order valence-electron chi connectivity index (χ4n) is 2.94. The number of aromatic nitrogens is 2. The number of hydrogen-bond donors (Lipinski definition) is 0. The Morgan fingerprint density at radius 1 is 1.09 bits per heavy atom. The van der Waals surface area contributed by atoms with Gasteiger partial charge in [0.1, 0.15) is 0 Å². The molecule has 2 aromatic heterocycles. The fourth-order valence-corrected chi connectivity index (χ4v) is 2.94. The molecule has 1 aromatic carbocycles. The maximum atomic E-state index is 5.27. The Labute approximate surface area is 137 Å². The highest BCUT2D eigenvalue weighted by molar-refractivity contribution is 5.92. The first-order chi connectivity index (χ1) is 11.2. The number of rotatable bonds is 5. The molecule has 0 saturated carbocycles. The number of hydrogen-bond acceptors (Lipinski definition) is 2. The van der Waals surface area contributed by atoms with Crippen molar-refractivity contribution >= 4 is 23.1 Å². The molecule has 0 bridgehead atoms. The van der Waals surface area contributed by atoms with Gasteiger partial charge < -0.3 is 9.30 Å². The van der Waals surface area contributed by atoms with Crippen molar-refractivity contribution in [2.75, 3.05) is 13.7 Å². The predicted octanol–water partition coefficient (Wildman–Crippen LogP) is 4.47. The lowest BCUT2D eigenvalue weighted by Crippen LogP contribution is -2.06. The van der Waals surface area contributed by atoms with E-state index in [1.54, 1.807) is 7.11 Å². The van der Waals surface area contributed by atoms with Crippen LogP contribution in [0, 0.1) is 13.8 Å². The lowest BCUT2D eigenvalue weighted by molar-refractivity contribution is 0.188. The summed E-state index contributed by atoms with van der Waals surface area (Å²) in [5, 5.41) is 1.27. The molecular formula is C20H22N2O. The third-order valence-electron chi connectivity index (χ3n) is 4.33. The summed E-state index contributed by atoms with van der Waals surface area (Å²) in [5.74, 6) is 0. The van der Waals surface area contributed by atoms with Crippen LogP contribution < -0.4 is 0 Å². The van der Waals surface area contributed by atoms with E-state index in [2.05, 4.69) is 53.7 Å². The van der Waals surface area contributed by atoms with E-state index in [0.717, 1.165) is 12.2 Å². The zero-order valence-corrected chi connectivity index (χ0v) is 13.9. The van der Waals surface area contributed by atoms with Crippen molar-refractivity contribution in [3.63, 3.8) is 0 Å². The minimum atomic E-state index is 0.695. The number of methoxy groups -OCH3 is 1. The van der Waals surface area contributed by atoms with Crippen LogP contribution in [0.2, 0.25) is 0 Å². The molecule has 0 amide bonds. The first-order valence-electron chi connectivity index (χ1n) is 7.89. The molecule has 0 fully saturated rings. The summed E-state index contributed by atoms with van der Waals surface area (Å²) in [6, 6.07) is 12.4. The second-order valence-electron chi connectivity index (χ2n) is 5.69. The summed E-state index contributed by atoms with van der Waals surface area (Å²) in [4.78, 5) is 4.60. The normalized spacial score (nSPS) is 11.6. The minimum absolute atomic E-state index is 0.695. The predicted molar refractivity (Wildman–Crippen MR) is 96.5 cm³/mol. The van der Waals surface area contributed by atoms with E-state index in [1.165, 1.54) is 27.7 Å². The van der Waals surface area contributed by atoms with Crippen molar-refractivity contribution in [3.05, 3.63) is 65.1 Å².